The second-order valence-electron chi connectivity index (χ2n) is 4.58. The summed E-state index contributed by atoms with van der Waals surface area (Å²) in [7, 11) is 0. The lowest BCUT2D eigenvalue weighted by atomic mass is 9.99. The van der Waals surface area contributed by atoms with Gasteiger partial charge in [-0.05, 0) is 23.3 Å². The van der Waals surface area contributed by atoms with Crippen molar-refractivity contribution >= 4 is 16.7 Å². The molecule has 0 radical (unpaired) electrons. The highest BCUT2D eigenvalue weighted by Gasteiger charge is 2.26. The molecule has 0 bridgehead atoms. The Morgan fingerprint density at radius 2 is 1.95 bits per heavy atom. The van der Waals surface area contributed by atoms with Crippen molar-refractivity contribution in [3.05, 3.63) is 72.3 Å². The van der Waals surface area contributed by atoms with Gasteiger partial charge in [0.1, 0.15) is 6.10 Å². The number of carbonyl (C=O) groups excluding carboxylic acids is 1. The average molecular weight is 250 g/mol. The minimum atomic E-state index is -0.284. The van der Waals surface area contributed by atoms with Gasteiger partial charge in [0, 0.05) is 11.1 Å². The van der Waals surface area contributed by atoms with Crippen molar-refractivity contribution in [1.82, 2.24) is 0 Å². The van der Waals surface area contributed by atoms with E-state index >= 15 is 0 Å². The Morgan fingerprint density at radius 1 is 1.16 bits per heavy atom. The molecule has 1 heterocycles. The highest BCUT2D eigenvalue weighted by atomic mass is 16.5. The molecule has 2 aromatic carbocycles. The standard InChI is InChI=1S/C17H14O2/c1-2-6-13-11-16(19-17(13)18)15-10-5-8-12-7-3-4-9-14(12)15/h2-5,7-11,16H,1,6H2. The van der Waals surface area contributed by atoms with Gasteiger partial charge in [-0.25, -0.2) is 4.79 Å². The van der Waals surface area contributed by atoms with E-state index in [1.54, 1.807) is 6.08 Å². The predicted molar refractivity (Wildman–Crippen MR) is 75.7 cm³/mol. The molecule has 1 unspecified atom stereocenters. The fourth-order valence-electron chi connectivity index (χ4n) is 2.43. The van der Waals surface area contributed by atoms with Crippen LogP contribution in [-0.4, -0.2) is 5.97 Å². The van der Waals surface area contributed by atoms with Crippen LogP contribution in [0.15, 0.2) is 66.8 Å². The topological polar surface area (TPSA) is 26.3 Å². The van der Waals surface area contributed by atoms with Gasteiger partial charge < -0.3 is 4.74 Å². The van der Waals surface area contributed by atoms with E-state index in [0.29, 0.717) is 12.0 Å². The van der Waals surface area contributed by atoms with Crippen LogP contribution in [0.1, 0.15) is 18.1 Å². The maximum Gasteiger partial charge on any atom is 0.335 e. The van der Waals surface area contributed by atoms with Crippen molar-refractivity contribution in [2.24, 2.45) is 0 Å². The average Bonchev–Trinajstić information content (AvgIpc) is 2.80. The highest BCUT2D eigenvalue weighted by Crippen LogP contribution is 2.33. The number of carbonyl (C=O) groups is 1. The molecule has 0 aromatic heterocycles. The largest absolute Gasteiger partial charge is 0.450 e. The highest BCUT2D eigenvalue weighted by molar-refractivity contribution is 5.93. The number of benzene rings is 2. The molecular weight excluding hydrogens is 236 g/mol. The molecule has 0 saturated carbocycles. The molecule has 2 heteroatoms. The first-order valence-electron chi connectivity index (χ1n) is 6.30. The van der Waals surface area contributed by atoms with Crippen LogP contribution in [0.4, 0.5) is 0 Å². The Labute approximate surface area is 112 Å². The van der Waals surface area contributed by atoms with Gasteiger partial charge in [0.25, 0.3) is 0 Å². The summed E-state index contributed by atoms with van der Waals surface area (Å²) in [5, 5.41) is 2.28. The van der Waals surface area contributed by atoms with E-state index in [4.69, 9.17) is 4.74 Å². The zero-order valence-electron chi connectivity index (χ0n) is 10.5. The fraction of sp³-hybridized carbons (Fsp3) is 0.118. The van der Waals surface area contributed by atoms with Crippen molar-refractivity contribution < 1.29 is 9.53 Å². The third kappa shape index (κ3) is 2.06. The van der Waals surface area contributed by atoms with E-state index < -0.39 is 0 Å². The third-order valence-corrected chi connectivity index (χ3v) is 3.34. The van der Waals surface area contributed by atoms with Crippen molar-refractivity contribution in [2.75, 3.05) is 0 Å². The van der Waals surface area contributed by atoms with Gasteiger partial charge in [-0.2, -0.15) is 0 Å². The summed E-state index contributed by atoms with van der Waals surface area (Å²) in [6, 6.07) is 14.2. The summed E-state index contributed by atoms with van der Waals surface area (Å²) in [4.78, 5) is 11.7. The maximum absolute atomic E-state index is 11.7. The number of hydrogen-bond donors (Lipinski definition) is 0. The lowest BCUT2D eigenvalue weighted by Gasteiger charge is -2.11. The van der Waals surface area contributed by atoms with Crippen LogP contribution >= 0.6 is 0 Å². The summed E-state index contributed by atoms with van der Waals surface area (Å²) < 4.78 is 5.44. The number of ether oxygens (including phenoxy) is 1. The molecule has 0 fully saturated rings. The SMILES string of the molecule is C=CCC1=CC(c2cccc3ccccc23)OC1=O. The van der Waals surface area contributed by atoms with Crippen LogP contribution in [0, 0.1) is 0 Å². The molecule has 1 atom stereocenters. The molecular formula is C17H14O2. The molecule has 1 aliphatic heterocycles. The fourth-order valence-corrected chi connectivity index (χ4v) is 2.43. The molecule has 0 N–H and O–H groups in total. The van der Waals surface area contributed by atoms with Crippen molar-refractivity contribution in [2.45, 2.75) is 12.5 Å². The summed E-state index contributed by atoms with van der Waals surface area (Å²) in [6.07, 6.45) is 3.89. The van der Waals surface area contributed by atoms with Crippen LogP contribution in [0.2, 0.25) is 0 Å². The van der Waals surface area contributed by atoms with Crippen LogP contribution in [0.25, 0.3) is 10.8 Å². The number of allylic oxidation sites excluding steroid dienone is 1. The normalized spacial score (nSPS) is 18.2. The first-order chi connectivity index (χ1) is 9.29. The summed E-state index contributed by atoms with van der Waals surface area (Å²) in [5.41, 5.74) is 1.72. The molecule has 94 valence electrons. The van der Waals surface area contributed by atoms with E-state index in [1.807, 2.05) is 30.3 Å². The van der Waals surface area contributed by atoms with Gasteiger partial charge >= 0.3 is 5.97 Å². The van der Waals surface area contributed by atoms with Gasteiger partial charge in [0.15, 0.2) is 0 Å². The van der Waals surface area contributed by atoms with E-state index in [-0.39, 0.29) is 12.1 Å². The van der Waals surface area contributed by atoms with E-state index in [1.165, 1.54) is 0 Å². The van der Waals surface area contributed by atoms with Gasteiger partial charge in [-0.3, -0.25) is 0 Å². The zero-order chi connectivity index (χ0) is 13.2. The Morgan fingerprint density at radius 3 is 2.79 bits per heavy atom. The van der Waals surface area contributed by atoms with Crippen molar-refractivity contribution in [3.8, 4) is 0 Å². The summed E-state index contributed by atoms with van der Waals surface area (Å²) in [6.45, 7) is 3.66. The Bertz CT molecular complexity index is 677. The van der Waals surface area contributed by atoms with Gasteiger partial charge in [0.05, 0.1) is 0 Å². The van der Waals surface area contributed by atoms with Crippen molar-refractivity contribution in [1.29, 1.82) is 0 Å². The molecule has 19 heavy (non-hydrogen) atoms. The second kappa shape index (κ2) is 4.73. The van der Waals surface area contributed by atoms with Gasteiger partial charge in [-0.15, -0.1) is 6.58 Å². The number of esters is 1. The molecule has 0 saturated heterocycles. The summed E-state index contributed by atoms with van der Waals surface area (Å²) in [5.74, 6) is -0.238. The minimum Gasteiger partial charge on any atom is -0.450 e. The Kier molecular flexibility index (Phi) is 2.92. The number of hydrogen-bond acceptors (Lipinski definition) is 2. The van der Waals surface area contributed by atoms with Crippen LogP contribution in [0.3, 0.4) is 0 Å². The first-order valence-corrected chi connectivity index (χ1v) is 6.30. The maximum atomic E-state index is 11.7. The van der Waals surface area contributed by atoms with Crippen LogP contribution in [0.5, 0.6) is 0 Å². The van der Waals surface area contributed by atoms with E-state index in [2.05, 4.69) is 24.8 Å². The Hall–Kier alpha value is -2.35. The molecule has 2 aromatic rings. The molecule has 0 amide bonds. The van der Waals surface area contributed by atoms with E-state index in [9.17, 15) is 4.79 Å². The van der Waals surface area contributed by atoms with Gasteiger partial charge in [-0.1, -0.05) is 48.5 Å². The third-order valence-electron chi connectivity index (χ3n) is 3.34. The molecule has 2 nitrogen and oxygen atoms in total. The van der Waals surface area contributed by atoms with Crippen molar-refractivity contribution in [3.63, 3.8) is 0 Å². The lowest BCUT2D eigenvalue weighted by Crippen LogP contribution is -2.02. The molecule has 0 aliphatic carbocycles. The number of fused-ring (bicyclic) bond motifs is 1. The Balaban J connectivity index is 2.06. The van der Waals surface area contributed by atoms with Crippen LogP contribution < -0.4 is 0 Å². The smallest absolute Gasteiger partial charge is 0.335 e. The second-order valence-corrected chi connectivity index (χ2v) is 4.58. The molecule has 0 spiro atoms. The van der Waals surface area contributed by atoms with Gasteiger partial charge in [0.2, 0.25) is 0 Å². The molecule has 1 aliphatic rings. The quantitative estimate of drug-likeness (QED) is 0.609. The zero-order valence-corrected chi connectivity index (χ0v) is 10.5. The monoisotopic (exact) mass is 250 g/mol. The van der Waals surface area contributed by atoms with E-state index in [0.717, 1.165) is 16.3 Å². The number of rotatable bonds is 3. The predicted octanol–water partition coefficient (Wildman–Crippen LogP) is 3.94. The first kappa shape index (κ1) is 11.7. The van der Waals surface area contributed by atoms with Crippen LogP contribution in [-0.2, 0) is 9.53 Å². The number of cyclic esters (lactones) is 1. The minimum absolute atomic E-state index is 0.238. The molecule has 3 rings (SSSR count). The lowest BCUT2D eigenvalue weighted by molar-refractivity contribution is -0.139. The summed E-state index contributed by atoms with van der Waals surface area (Å²) >= 11 is 0.